The largest absolute Gasteiger partial charge is 0.464 e. The molecule has 3 heterocycles. The van der Waals surface area contributed by atoms with Gasteiger partial charge in [0.25, 0.3) is 5.91 Å². The number of nitrogens with zero attached hydrogens (tertiary/aromatic N) is 2. The third kappa shape index (κ3) is 3.14. The summed E-state index contributed by atoms with van der Waals surface area (Å²) in [5, 5.41) is 2.82. The first kappa shape index (κ1) is 13.1. The number of hydrogen-bond donors (Lipinski definition) is 1. The molecule has 1 amide bonds. The van der Waals surface area contributed by atoms with Crippen LogP contribution in [0.2, 0.25) is 0 Å². The Balaban J connectivity index is 1.69. The monoisotopic (exact) mass is 279 g/mol. The second-order valence-corrected chi connectivity index (χ2v) is 4.46. The molecule has 5 heteroatoms. The third-order valence-corrected chi connectivity index (χ3v) is 2.95. The molecule has 0 bridgehead atoms. The van der Waals surface area contributed by atoms with E-state index in [0.717, 1.165) is 16.9 Å². The number of rotatable bonds is 4. The second kappa shape index (κ2) is 6.00. The highest BCUT2D eigenvalue weighted by atomic mass is 16.3. The van der Waals surface area contributed by atoms with Crippen molar-refractivity contribution in [2.24, 2.45) is 0 Å². The van der Waals surface area contributed by atoms with Crippen LogP contribution in [0.3, 0.4) is 0 Å². The quantitative estimate of drug-likeness (QED) is 0.797. The van der Waals surface area contributed by atoms with Crippen molar-refractivity contribution < 1.29 is 9.21 Å². The molecule has 5 nitrogen and oxygen atoms in total. The van der Waals surface area contributed by atoms with Crippen molar-refractivity contribution in [3.63, 3.8) is 0 Å². The summed E-state index contributed by atoms with van der Waals surface area (Å²) in [6.45, 7) is 0.386. The molecule has 0 fully saturated rings. The lowest BCUT2D eigenvalue weighted by molar-refractivity contribution is 0.0946. The summed E-state index contributed by atoms with van der Waals surface area (Å²) < 4.78 is 5.33. The summed E-state index contributed by atoms with van der Waals surface area (Å²) in [5.41, 5.74) is 2.17. The molecule has 0 saturated carbocycles. The van der Waals surface area contributed by atoms with Gasteiger partial charge in [0.15, 0.2) is 0 Å². The summed E-state index contributed by atoms with van der Waals surface area (Å²) >= 11 is 0. The van der Waals surface area contributed by atoms with Crippen molar-refractivity contribution in [3.05, 3.63) is 72.5 Å². The molecule has 0 spiro atoms. The first-order valence-corrected chi connectivity index (χ1v) is 6.50. The van der Waals surface area contributed by atoms with E-state index in [4.69, 9.17) is 4.42 Å². The summed E-state index contributed by atoms with van der Waals surface area (Å²) in [6.07, 6.45) is 6.65. The van der Waals surface area contributed by atoms with Gasteiger partial charge in [-0.15, -0.1) is 0 Å². The smallest absolute Gasteiger partial charge is 0.270 e. The maximum atomic E-state index is 11.9. The van der Waals surface area contributed by atoms with E-state index in [1.165, 1.54) is 0 Å². The Kier molecular flexibility index (Phi) is 3.73. The zero-order valence-electron chi connectivity index (χ0n) is 11.2. The van der Waals surface area contributed by atoms with Crippen LogP contribution in [-0.2, 0) is 6.54 Å². The van der Waals surface area contributed by atoms with Crippen LogP contribution < -0.4 is 5.32 Å². The number of aromatic nitrogens is 2. The average molecular weight is 279 g/mol. The summed E-state index contributed by atoms with van der Waals surface area (Å²) in [4.78, 5) is 20.1. The lowest BCUT2D eigenvalue weighted by atomic mass is 10.1. The van der Waals surface area contributed by atoms with Crippen LogP contribution in [0.1, 0.15) is 16.1 Å². The highest BCUT2D eigenvalue weighted by Gasteiger charge is 2.07. The zero-order valence-corrected chi connectivity index (χ0v) is 11.2. The lowest BCUT2D eigenvalue weighted by Gasteiger charge is -2.05. The van der Waals surface area contributed by atoms with Gasteiger partial charge in [-0.25, -0.2) is 0 Å². The Labute approximate surface area is 121 Å². The second-order valence-electron chi connectivity index (χ2n) is 4.46. The van der Waals surface area contributed by atoms with Gasteiger partial charge in [0, 0.05) is 30.7 Å². The SMILES string of the molecule is O=C(NCc1cncc(-c2ccco2)c1)c1ccccn1. The van der Waals surface area contributed by atoms with Gasteiger partial charge in [-0.3, -0.25) is 14.8 Å². The van der Waals surface area contributed by atoms with E-state index in [9.17, 15) is 4.79 Å². The molecule has 1 N–H and O–H groups in total. The fourth-order valence-corrected chi connectivity index (χ4v) is 1.93. The number of amides is 1. The third-order valence-electron chi connectivity index (χ3n) is 2.95. The molecule has 0 atom stereocenters. The molecular formula is C16H13N3O2. The molecule has 21 heavy (non-hydrogen) atoms. The predicted molar refractivity (Wildman–Crippen MR) is 77.3 cm³/mol. The molecule has 0 unspecified atom stereocenters. The fraction of sp³-hybridized carbons (Fsp3) is 0.0625. The van der Waals surface area contributed by atoms with Crippen molar-refractivity contribution in [2.45, 2.75) is 6.54 Å². The van der Waals surface area contributed by atoms with Gasteiger partial charge in [0.2, 0.25) is 0 Å². The Morgan fingerprint density at radius 1 is 1.19 bits per heavy atom. The van der Waals surface area contributed by atoms with Crippen LogP contribution >= 0.6 is 0 Å². The van der Waals surface area contributed by atoms with Gasteiger partial charge >= 0.3 is 0 Å². The number of nitrogens with one attached hydrogen (secondary N) is 1. The van der Waals surface area contributed by atoms with Gasteiger partial charge in [-0.05, 0) is 35.9 Å². The maximum absolute atomic E-state index is 11.9. The molecule has 0 aliphatic carbocycles. The Morgan fingerprint density at radius 2 is 2.14 bits per heavy atom. The molecular weight excluding hydrogens is 266 g/mol. The summed E-state index contributed by atoms with van der Waals surface area (Å²) in [7, 11) is 0. The van der Waals surface area contributed by atoms with Crippen LogP contribution in [0.25, 0.3) is 11.3 Å². The maximum Gasteiger partial charge on any atom is 0.270 e. The van der Waals surface area contributed by atoms with Crippen molar-refractivity contribution in [1.82, 2.24) is 15.3 Å². The highest BCUT2D eigenvalue weighted by molar-refractivity contribution is 5.92. The molecule has 0 aromatic carbocycles. The van der Waals surface area contributed by atoms with Crippen LogP contribution in [0.5, 0.6) is 0 Å². The van der Waals surface area contributed by atoms with Gasteiger partial charge < -0.3 is 9.73 Å². The molecule has 0 aliphatic heterocycles. The minimum Gasteiger partial charge on any atom is -0.464 e. The number of hydrogen-bond acceptors (Lipinski definition) is 4. The van der Waals surface area contributed by atoms with E-state index in [2.05, 4.69) is 15.3 Å². The fourth-order valence-electron chi connectivity index (χ4n) is 1.93. The van der Waals surface area contributed by atoms with E-state index in [1.54, 1.807) is 43.1 Å². The zero-order chi connectivity index (χ0) is 14.5. The van der Waals surface area contributed by atoms with Crippen LogP contribution in [0.15, 0.2) is 65.7 Å². The van der Waals surface area contributed by atoms with Crippen molar-refractivity contribution in [3.8, 4) is 11.3 Å². The van der Waals surface area contributed by atoms with Gasteiger partial charge in [-0.1, -0.05) is 6.07 Å². The highest BCUT2D eigenvalue weighted by Crippen LogP contribution is 2.19. The topological polar surface area (TPSA) is 68.0 Å². The average Bonchev–Trinajstić information content (AvgIpc) is 3.08. The summed E-state index contributed by atoms with van der Waals surface area (Å²) in [6, 6.07) is 10.9. The van der Waals surface area contributed by atoms with Gasteiger partial charge in [0.1, 0.15) is 11.5 Å². The molecule has 104 valence electrons. The molecule has 3 rings (SSSR count). The van der Waals surface area contributed by atoms with E-state index in [-0.39, 0.29) is 5.91 Å². The van der Waals surface area contributed by atoms with Gasteiger partial charge in [-0.2, -0.15) is 0 Å². The van der Waals surface area contributed by atoms with Crippen LogP contribution in [-0.4, -0.2) is 15.9 Å². The van der Waals surface area contributed by atoms with Crippen molar-refractivity contribution in [2.75, 3.05) is 0 Å². The minimum absolute atomic E-state index is 0.209. The van der Waals surface area contributed by atoms with E-state index in [0.29, 0.717) is 12.2 Å². The lowest BCUT2D eigenvalue weighted by Crippen LogP contribution is -2.23. The van der Waals surface area contributed by atoms with Gasteiger partial charge in [0.05, 0.1) is 6.26 Å². The molecule has 3 aromatic rings. The van der Waals surface area contributed by atoms with E-state index < -0.39 is 0 Å². The molecule has 0 saturated heterocycles. The number of carbonyl (C=O) groups excluding carboxylic acids is 1. The van der Waals surface area contributed by atoms with E-state index >= 15 is 0 Å². The van der Waals surface area contributed by atoms with E-state index in [1.807, 2.05) is 18.2 Å². The summed E-state index contributed by atoms with van der Waals surface area (Å²) in [5.74, 6) is 0.541. The number of pyridine rings is 2. The predicted octanol–water partition coefficient (Wildman–Crippen LogP) is 2.67. The first-order chi connectivity index (χ1) is 10.3. The Morgan fingerprint density at radius 3 is 2.90 bits per heavy atom. The molecule has 3 aromatic heterocycles. The molecule has 0 aliphatic rings. The standard InChI is InChI=1S/C16H13N3O2/c20-16(14-4-1-2-6-18-14)19-10-12-8-13(11-17-9-12)15-5-3-7-21-15/h1-9,11H,10H2,(H,19,20). The Bertz CT molecular complexity index is 724. The normalized spacial score (nSPS) is 10.3. The molecule has 0 radical (unpaired) electrons. The van der Waals surface area contributed by atoms with Crippen molar-refractivity contribution in [1.29, 1.82) is 0 Å². The minimum atomic E-state index is -0.209. The van der Waals surface area contributed by atoms with Crippen LogP contribution in [0.4, 0.5) is 0 Å². The number of furan rings is 1. The number of carbonyl (C=O) groups is 1. The van der Waals surface area contributed by atoms with Crippen molar-refractivity contribution >= 4 is 5.91 Å². The Hall–Kier alpha value is -2.95. The van der Waals surface area contributed by atoms with Crippen LogP contribution in [0, 0.1) is 0 Å². The first-order valence-electron chi connectivity index (χ1n) is 6.50.